The van der Waals surface area contributed by atoms with Crippen LogP contribution in [0.4, 0.5) is 5.69 Å². The van der Waals surface area contributed by atoms with Crippen molar-refractivity contribution in [3.63, 3.8) is 0 Å². The fourth-order valence-corrected chi connectivity index (χ4v) is 3.40. The standard InChI is InChI=1S/C19H24N2/c1-18(2)8-9-19(3,4)16-11-13(5-6-15(16)18)14-12-21-10-7-17(14)20/h5-7,10-12H,8-9H2,1-4H3,(H2,20,21). The molecular weight excluding hydrogens is 256 g/mol. The van der Waals surface area contributed by atoms with Gasteiger partial charge in [0.2, 0.25) is 0 Å². The number of pyridine rings is 1. The number of nitrogen functional groups attached to an aromatic ring is 1. The van der Waals surface area contributed by atoms with Crippen LogP contribution in [-0.4, -0.2) is 4.98 Å². The van der Waals surface area contributed by atoms with Crippen LogP contribution in [-0.2, 0) is 10.8 Å². The van der Waals surface area contributed by atoms with Crippen molar-refractivity contribution in [2.45, 2.75) is 51.4 Å². The summed E-state index contributed by atoms with van der Waals surface area (Å²) in [5.41, 5.74) is 12.5. The van der Waals surface area contributed by atoms with E-state index in [2.05, 4.69) is 50.9 Å². The number of hydrogen-bond acceptors (Lipinski definition) is 2. The molecule has 0 unspecified atom stereocenters. The van der Waals surface area contributed by atoms with E-state index in [1.54, 1.807) is 6.20 Å². The molecule has 0 amide bonds. The Balaban J connectivity index is 2.19. The number of fused-ring (bicyclic) bond motifs is 1. The van der Waals surface area contributed by atoms with Crippen molar-refractivity contribution in [1.82, 2.24) is 4.98 Å². The van der Waals surface area contributed by atoms with Crippen LogP contribution in [0.5, 0.6) is 0 Å². The first-order chi connectivity index (χ1) is 9.81. The minimum Gasteiger partial charge on any atom is -0.398 e. The summed E-state index contributed by atoms with van der Waals surface area (Å²) in [6, 6.07) is 8.67. The molecule has 0 radical (unpaired) electrons. The van der Waals surface area contributed by atoms with Crippen molar-refractivity contribution < 1.29 is 0 Å². The molecule has 0 spiro atoms. The summed E-state index contributed by atoms with van der Waals surface area (Å²) >= 11 is 0. The summed E-state index contributed by atoms with van der Waals surface area (Å²) in [6.45, 7) is 9.38. The van der Waals surface area contributed by atoms with Gasteiger partial charge in [-0.25, -0.2) is 0 Å². The van der Waals surface area contributed by atoms with Crippen molar-refractivity contribution in [3.05, 3.63) is 47.8 Å². The van der Waals surface area contributed by atoms with E-state index < -0.39 is 0 Å². The second-order valence-electron chi connectivity index (χ2n) is 7.49. The predicted octanol–water partition coefficient (Wildman–Crippen LogP) is 4.68. The quantitative estimate of drug-likeness (QED) is 0.823. The van der Waals surface area contributed by atoms with Gasteiger partial charge in [-0.05, 0) is 46.4 Å². The fraction of sp³-hybridized carbons (Fsp3) is 0.421. The minimum absolute atomic E-state index is 0.220. The number of nitrogens with zero attached hydrogens (tertiary/aromatic N) is 1. The van der Waals surface area contributed by atoms with Crippen molar-refractivity contribution in [2.75, 3.05) is 5.73 Å². The maximum Gasteiger partial charge on any atom is 0.0424 e. The monoisotopic (exact) mass is 280 g/mol. The Morgan fingerprint density at radius 2 is 1.62 bits per heavy atom. The highest BCUT2D eigenvalue weighted by atomic mass is 14.7. The average molecular weight is 280 g/mol. The zero-order valence-corrected chi connectivity index (χ0v) is 13.4. The van der Waals surface area contributed by atoms with Gasteiger partial charge in [-0.15, -0.1) is 0 Å². The van der Waals surface area contributed by atoms with Gasteiger partial charge in [0.05, 0.1) is 0 Å². The molecule has 2 aromatic rings. The summed E-state index contributed by atoms with van der Waals surface area (Å²) in [4.78, 5) is 4.22. The predicted molar refractivity (Wildman–Crippen MR) is 89.4 cm³/mol. The molecular formula is C19H24N2. The topological polar surface area (TPSA) is 38.9 Å². The summed E-state index contributed by atoms with van der Waals surface area (Å²) in [5, 5.41) is 0. The van der Waals surface area contributed by atoms with Crippen LogP contribution in [0.3, 0.4) is 0 Å². The summed E-state index contributed by atoms with van der Waals surface area (Å²) in [7, 11) is 0. The Hall–Kier alpha value is -1.83. The highest BCUT2D eigenvalue weighted by Gasteiger charge is 2.36. The van der Waals surface area contributed by atoms with Gasteiger partial charge in [-0.3, -0.25) is 4.98 Å². The molecule has 0 fully saturated rings. The van der Waals surface area contributed by atoms with E-state index in [4.69, 9.17) is 5.73 Å². The molecule has 1 aromatic carbocycles. The van der Waals surface area contributed by atoms with Crippen molar-refractivity contribution in [3.8, 4) is 11.1 Å². The third-order valence-corrected chi connectivity index (χ3v) is 5.02. The van der Waals surface area contributed by atoms with Crippen LogP contribution in [0.2, 0.25) is 0 Å². The lowest BCUT2D eigenvalue weighted by Crippen LogP contribution is -2.33. The normalized spacial score (nSPS) is 19.0. The lowest BCUT2D eigenvalue weighted by molar-refractivity contribution is 0.332. The van der Waals surface area contributed by atoms with Crippen LogP contribution in [0.25, 0.3) is 11.1 Å². The van der Waals surface area contributed by atoms with E-state index in [1.165, 1.54) is 29.5 Å². The van der Waals surface area contributed by atoms with Gasteiger partial charge < -0.3 is 5.73 Å². The Labute approximate surface area is 127 Å². The fourth-order valence-electron chi connectivity index (χ4n) is 3.40. The second-order valence-corrected chi connectivity index (χ2v) is 7.49. The molecule has 2 nitrogen and oxygen atoms in total. The average Bonchev–Trinajstić information content (AvgIpc) is 2.44. The molecule has 1 aliphatic carbocycles. The van der Waals surface area contributed by atoms with Gasteiger partial charge in [0.25, 0.3) is 0 Å². The molecule has 1 aromatic heterocycles. The van der Waals surface area contributed by atoms with E-state index in [0.717, 1.165) is 11.3 Å². The number of rotatable bonds is 1. The minimum atomic E-state index is 0.220. The Morgan fingerprint density at radius 1 is 0.952 bits per heavy atom. The number of nitrogens with two attached hydrogens (primary N) is 1. The van der Waals surface area contributed by atoms with Gasteiger partial charge in [-0.1, -0.05) is 45.9 Å². The van der Waals surface area contributed by atoms with Crippen LogP contribution >= 0.6 is 0 Å². The van der Waals surface area contributed by atoms with Gasteiger partial charge in [-0.2, -0.15) is 0 Å². The van der Waals surface area contributed by atoms with Crippen LogP contribution in [0, 0.1) is 0 Å². The van der Waals surface area contributed by atoms with Gasteiger partial charge in [0, 0.05) is 23.6 Å². The molecule has 2 heteroatoms. The number of benzene rings is 1. The second kappa shape index (κ2) is 4.59. The zero-order chi connectivity index (χ0) is 15.3. The van der Waals surface area contributed by atoms with Gasteiger partial charge in [0.1, 0.15) is 0 Å². The van der Waals surface area contributed by atoms with E-state index in [1.807, 2.05) is 12.3 Å². The van der Waals surface area contributed by atoms with Crippen molar-refractivity contribution >= 4 is 5.69 Å². The highest BCUT2D eigenvalue weighted by molar-refractivity contribution is 5.76. The molecule has 1 aliphatic rings. The highest BCUT2D eigenvalue weighted by Crippen LogP contribution is 2.46. The maximum atomic E-state index is 6.11. The molecule has 0 aliphatic heterocycles. The third kappa shape index (κ3) is 2.33. The molecule has 21 heavy (non-hydrogen) atoms. The largest absolute Gasteiger partial charge is 0.398 e. The summed E-state index contributed by atoms with van der Waals surface area (Å²) in [6.07, 6.45) is 6.06. The molecule has 0 bridgehead atoms. The summed E-state index contributed by atoms with van der Waals surface area (Å²) in [5.74, 6) is 0. The van der Waals surface area contributed by atoms with Crippen LogP contribution in [0.15, 0.2) is 36.7 Å². The molecule has 110 valence electrons. The number of anilines is 1. The molecule has 0 saturated heterocycles. The summed E-state index contributed by atoms with van der Waals surface area (Å²) < 4.78 is 0. The lowest BCUT2D eigenvalue weighted by Gasteiger charge is -2.42. The van der Waals surface area contributed by atoms with Crippen molar-refractivity contribution in [2.24, 2.45) is 0 Å². The van der Waals surface area contributed by atoms with Crippen LogP contribution < -0.4 is 5.73 Å². The third-order valence-electron chi connectivity index (χ3n) is 5.02. The van der Waals surface area contributed by atoms with E-state index in [-0.39, 0.29) is 10.8 Å². The maximum absolute atomic E-state index is 6.11. The molecule has 0 atom stereocenters. The molecule has 3 rings (SSSR count). The smallest absolute Gasteiger partial charge is 0.0424 e. The Bertz CT molecular complexity index is 684. The van der Waals surface area contributed by atoms with Gasteiger partial charge in [0.15, 0.2) is 0 Å². The molecule has 1 heterocycles. The van der Waals surface area contributed by atoms with Gasteiger partial charge >= 0.3 is 0 Å². The first-order valence-electron chi connectivity index (χ1n) is 7.66. The lowest BCUT2D eigenvalue weighted by atomic mass is 9.63. The van der Waals surface area contributed by atoms with Crippen LogP contribution in [0.1, 0.15) is 51.7 Å². The van der Waals surface area contributed by atoms with E-state index in [0.29, 0.717) is 0 Å². The Morgan fingerprint density at radius 3 is 2.29 bits per heavy atom. The first-order valence-corrected chi connectivity index (χ1v) is 7.66. The van der Waals surface area contributed by atoms with E-state index in [9.17, 15) is 0 Å². The number of hydrogen-bond donors (Lipinski definition) is 1. The molecule has 2 N–H and O–H groups in total. The molecule has 0 saturated carbocycles. The van der Waals surface area contributed by atoms with E-state index >= 15 is 0 Å². The Kier molecular flexibility index (Phi) is 3.09. The van der Waals surface area contributed by atoms with Crippen molar-refractivity contribution in [1.29, 1.82) is 0 Å². The SMILES string of the molecule is CC1(C)CCC(C)(C)c2cc(-c3cnccc3N)ccc21. The first kappa shape index (κ1) is 14.1. The zero-order valence-electron chi connectivity index (χ0n) is 13.4. The number of aromatic nitrogens is 1.